The van der Waals surface area contributed by atoms with E-state index in [-0.39, 0.29) is 5.91 Å². The maximum absolute atomic E-state index is 11.9. The molecule has 1 aromatic carbocycles. The Morgan fingerprint density at radius 1 is 1.28 bits per heavy atom. The van der Waals surface area contributed by atoms with Gasteiger partial charge in [0.05, 0.1) is 15.3 Å². The fourth-order valence-corrected chi connectivity index (χ4v) is 2.42. The van der Waals surface area contributed by atoms with Crippen molar-refractivity contribution >= 4 is 28.8 Å². The minimum Gasteiger partial charge on any atom is -0.332 e. The highest BCUT2D eigenvalue weighted by molar-refractivity contribution is 7.17. The number of carbonyl (C=O) groups is 1. The van der Waals surface area contributed by atoms with Crippen LogP contribution in [0.25, 0.3) is 0 Å². The molecule has 2 rings (SSSR count). The lowest BCUT2D eigenvalue weighted by Crippen LogP contribution is -2.26. The van der Waals surface area contributed by atoms with Crippen molar-refractivity contribution in [3.63, 3.8) is 0 Å². The van der Waals surface area contributed by atoms with Gasteiger partial charge in [0, 0.05) is 0 Å². The first-order valence-corrected chi connectivity index (χ1v) is 6.41. The van der Waals surface area contributed by atoms with Gasteiger partial charge in [-0.25, -0.2) is 0 Å². The molecule has 0 aliphatic rings. The fourth-order valence-electron chi connectivity index (χ4n) is 1.47. The first-order valence-electron chi connectivity index (χ1n) is 5.21. The largest absolute Gasteiger partial charge is 0.332 e. The molecule has 0 aliphatic carbocycles. The summed E-state index contributed by atoms with van der Waals surface area (Å²) in [6.07, 6.45) is 0. The zero-order valence-corrected chi connectivity index (χ0v) is 10.8. The first kappa shape index (κ1) is 12.6. The zero-order chi connectivity index (χ0) is 13.0. The van der Waals surface area contributed by atoms with Gasteiger partial charge in [-0.15, -0.1) is 11.3 Å². The molecule has 0 saturated heterocycles. The Bertz CT molecular complexity index is 589. The molecule has 0 fully saturated rings. The predicted octanol–water partition coefficient (Wildman–Crippen LogP) is 3.40. The van der Waals surface area contributed by atoms with Crippen molar-refractivity contribution in [2.45, 2.75) is 6.04 Å². The average Bonchev–Trinajstić information content (AvgIpc) is 2.83. The third kappa shape index (κ3) is 2.89. The molecule has 0 bridgehead atoms. The van der Waals surface area contributed by atoms with E-state index < -0.39 is 6.04 Å². The molecule has 1 N–H and O–H groups in total. The van der Waals surface area contributed by atoms with E-state index in [4.69, 9.17) is 16.9 Å². The molecule has 3 nitrogen and oxygen atoms in total. The molecular formula is C13H9ClN2OS. The summed E-state index contributed by atoms with van der Waals surface area (Å²) in [4.78, 5) is 12.4. The summed E-state index contributed by atoms with van der Waals surface area (Å²) in [6, 6.07) is 13.8. The van der Waals surface area contributed by atoms with E-state index in [1.165, 1.54) is 11.3 Å². The van der Waals surface area contributed by atoms with Gasteiger partial charge in [-0.2, -0.15) is 5.26 Å². The molecule has 0 saturated carbocycles. The van der Waals surface area contributed by atoms with Crippen molar-refractivity contribution in [2.24, 2.45) is 0 Å². The van der Waals surface area contributed by atoms with Crippen LogP contribution in [0.5, 0.6) is 0 Å². The monoisotopic (exact) mass is 276 g/mol. The second-order valence-corrected chi connectivity index (χ2v) is 5.27. The molecule has 5 heteroatoms. The van der Waals surface area contributed by atoms with E-state index in [1.807, 2.05) is 18.2 Å². The van der Waals surface area contributed by atoms with Crippen molar-refractivity contribution in [1.29, 1.82) is 5.26 Å². The van der Waals surface area contributed by atoms with Gasteiger partial charge < -0.3 is 5.32 Å². The number of nitrogens with one attached hydrogen (secondary N) is 1. The summed E-state index contributed by atoms with van der Waals surface area (Å²) >= 11 is 6.95. The van der Waals surface area contributed by atoms with Crippen molar-refractivity contribution in [3.8, 4) is 6.07 Å². The summed E-state index contributed by atoms with van der Waals surface area (Å²) in [5, 5.41) is 11.8. The number of hydrogen-bond donors (Lipinski definition) is 1. The van der Waals surface area contributed by atoms with Gasteiger partial charge in [-0.3, -0.25) is 4.79 Å². The second kappa shape index (κ2) is 5.67. The van der Waals surface area contributed by atoms with E-state index in [0.717, 1.165) is 5.56 Å². The number of hydrogen-bond acceptors (Lipinski definition) is 3. The summed E-state index contributed by atoms with van der Waals surface area (Å²) < 4.78 is 0.549. The molecule has 0 spiro atoms. The van der Waals surface area contributed by atoms with Crippen LogP contribution < -0.4 is 5.32 Å². The van der Waals surface area contributed by atoms with Gasteiger partial charge in [-0.05, 0) is 17.7 Å². The molecule has 1 unspecified atom stereocenters. The number of nitriles is 1. The van der Waals surface area contributed by atoms with Crippen LogP contribution in [0.3, 0.4) is 0 Å². The van der Waals surface area contributed by atoms with Gasteiger partial charge in [-0.1, -0.05) is 41.9 Å². The smallest absolute Gasteiger partial charge is 0.262 e. The van der Waals surface area contributed by atoms with Crippen molar-refractivity contribution < 1.29 is 4.79 Å². The Hall–Kier alpha value is -1.83. The Morgan fingerprint density at radius 3 is 2.56 bits per heavy atom. The minimum atomic E-state index is -0.653. The molecule has 1 amide bonds. The highest BCUT2D eigenvalue weighted by atomic mass is 35.5. The molecule has 0 radical (unpaired) electrons. The molecule has 18 heavy (non-hydrogen) atoms. The van der Waals surface area contributed by atoms with Crippen LogP contribution in [0.4, 0.5) is 0 Å². The summed E-state index contributed by atoms with van der Waals surface area (Å²) in [5.74, 6) is -0.290. The summed E-state index contributed by atoms with van der Waals surface area (Å²) in [6.45, 7) is 0. The van der Waals surface area contributed by atoms with Crippen molar-refractivity contribution in [2.75, 3.05) is 0 Å². The Kier molecular flexibility index (Phi) is 3.98. The highest BCUT2D eigenvalue weighted by Gasteiger charge is 2.15. The molecule has 2 aromatic rings. The van der Waals surface area contributed by atoms with Crippen molar-refractivity contribution in [3.05, 3.63) is 57.2 Å². The maximum Gasteiger partial charge on any atom is 0.262 e. The SMILES string of the molecule is N#CC(NC(=O)c1ccc(Cl)s1)c1ccccc1. The van der Waals surface area contributed by atoms with Crippen LogP contribution in [0.15, 0.2) is 42.5 Å². The lowest BCUT2D eigenvalue weighted by molar-refractivity contribution is 0.0949. The number of nitrogens with zero attached hydrogens (tertiary/aromatic N) is 1. The number of benzene rings is 1. The Labute approximate surface area is 114 Å². The molecule has 1 aromatic heterocycles. The normalized spacial score (nSPS) is 11.6. The lowest BCUT2D eigenvalue weighted by Gasteiger charge is -2.10. The minimum absolute atomic E-state index is 0.290. The second-order valence-electron chi connectivity index (χ2n) is 3.55. The number of carbonyl (C=O) groups excluding carboxylic acids is 1. The van der Waals surface area contributed by atoms with Gasteiger partial charge in [0.2, 0.25) is 0 Å². The molecule has 1 heterocycles. The van der Waals surface area contributed by atoms with Gasteiger partial charge in [0.1, 0.15) is 6.04 Å². The quantitative estimate of drug-likeness (QED) is 0.934. The van der Waals surface area contributed by atoms with Gasteiger partial charge in [0.25, 0.3) is 5.91 Å². The van der Waals surface area contributed by atoms with Crippen LogP contribution in [0.1, 0.15) is 21.3 Å². The average molecular weight is 277 g/mol. The topological polar surface area (TPSA) is 52.9 Å². The van der Waals surface area contributed by atoms with Crippen LogP contribution in [0, 0.1) is 11.3 Å². The van der Waals surface area contributed by atoms with E-state index >= 15 is 0 Å². The third-order valence-corrected chi connectivity index (χ3v) is 3.56. The van der Waals surface area contributed by atoms with E-state index in [1.54, 1.807) is 24.3 Å². The van der Waals surface area contributed by atoms with E-state index in [2.05, 4.69) is 11.4 Å². The number of halogens is 1. The fraction of sp³-hybridized carbons (Fsp3) is 0.0769. The van der Waals surface area contributed by atoms with Crippen LogP contribution in [0.2, 0.25) is 4.34 Å². The summed E-state index contributed by atoms with van der Waals surface area (Å²) in [7, 11) is 0. The number of amides is 1. The first-order chi connectivity index (χ1) is 8.70. The van der Waals surface area contributed by atoms with Crippen LogP contribution in [-0.4, -0.2) is 5.91 Å². The van der Waals surface area contributed by atoms with E-state index in [0.29, 0.717) is 9.21 Å². The van der Waals surface area contributed by atoms with E-state index in [9.17, 15) is 4.79 Å². The highest BCUT2D eigenvalue weighted by Crippen LogP contribution is 2.22. The molecule has 0 aliphatic heterocycles. The molecular weight excluding hydrogens is 268 g/mol. The van der Waals surface area contributed by atoms with Crippen LogP contribution in [-0.2, 0) is 0 Å². The standard InChI is InChI=1S/C13H9ClN2OS/c14-12-7-6-11(18-12)13(17)16-10(8-15)9-4-2-1-3-5-9/h1-7,10H,(H,16,17). The van der Waals surface area contributed by atoms with Gasteiger partial charge in [0.15, 0.2) is 0 Å². The predicted molar refractivity (Wildman–Crippen MR) is 71.6 cm³/mol. The molecule has 1 atom stereocenters. The lowest BCUT2D eigenvalue weighted by atomic mass is 10.1. The van der Waals surface area contributed by atoms with Gasteiger partial charge >= 0.3 is 0 Å². The van der Waals surface area contributed by atoms with Crippen molar-refractivity contribution in [1.82, 2.24) is 5.32 Å². The van der Waals surface area contributed by atoms with Crippen LogP contribution >= 0.6 is 22.9 Å². The Balaban J connectivity index is 2.13. The number of thiophene rings is 1. The molecule has 90 valence electrons. The maximum atomic E-state index is 11.9. The zero-order valence-electron chi connectivity index (χ0n) is 9.26. The third-order valence-electron chi connectivity index (χ3n) is 2.33. The summed E-state index contributed by atoms with van der Waals surface area (Å²) in [5.41, 5.74) is 0.760. The Morgan fingerprint density at radius 2 is 2.00 bits per heavy atom. The number of rotatable bonds is 3.